The van der Waals surface area contributed by atoms with Crippen LogP contribution in [0.25, 0.3) is 0 Å². The van der Waals surface area contributed by atoms with Crippen molar-refractivity contribution in [3.8, 4) is 0 Å². The van der Waals surface area contributed by atoms with Crippen LogP contribution in [0, 0.1) is 5.41 Å². The number of hydrogen-bond acceptors (Lipinski definition) is 6. The lowest BCUT2D eigenvalue weighted by molar-refractivity contribution is 0.134. The van der Waals surface area contributed by atoms with Crippen LogP contribution < -0.4 is 17.1 Å². The zero-order valence-electron chi connectivity index (χ0n) is 13.3. The average Bonchev–Trinajstić information content (AvgIpc) is 3.30. The summed E-state index contributed by atoms with van der Waals surface area (Å²) in [6.45, 7) is 2.53. The molecule has 1 aromatic heterocycles. The molecule has 4 heterocycles. The molecule has 0 bridgehead atoms. The van der Waals surface area contributed by atoms with Crippen LogP contribution in [0.5, 0.6) is 0 Å². The summed E-state index contributed by atoms with van der Waals surface area (Å²) in [7, 11) is 0. The summed E-state index contributed by atoms with van der Waals surface area (Å²) in [5.41, 5.74) is -2.22. The lowest BCUT2D eigenvalue weighted by atomic mass is 9.72. The Hall–Kier alpha value is -1.71. The molecule has 3 saturated heterocycles. The summed E-state index contributed by atoms with van der Waals surface area (Å²) in [5, 5.41) is 0. The molecule has 24 heavy (non-hydrogen) atoms. The van der Waals surface area contributed by atoms with Crippen molar-refractivity contribution in [1.29, 1.82) is 0 Å². The number of rotatable bonds is 9. The van der Waals surface area contributed by atoms with E-state index in [9.17, 15) is 14.4 Å². The molecule has 0 aliphatic carbocycles. The molecule has 3 fully saturated rings. The van der Waals surface area contributed by atoms with Crippen LogP contribution in [0.3, 0.4) is 0 Å². The Bertz CT molecular complexity index is 698. The van der Waals surface area contributed by atoms with Crippen LogP contribution in [-0.2, 0) is 20.8 Å². The molecule has 3 aliphatic rings. The van der Waals surface area contributed by atoms with E-state index in [1.807, 2.05) is 0 Å². The van der Waals surface area contributed by atoms with Gasteiger partial charge in [0.05, 0.1) is 38.1 Å². The van der Waals surface area contributed by atoms with Crippen molar-refractivity contribution in [3.63, 3.8) is 0 Å². The van der Waals surface area contributed by atoms with Crippen LogP contribution >= 0.6 is 0 Å². The smallest absolute Gasteiger partial charge is 0.333 e. The molecule has 9 heteroatoms. The number of aromatic amines is 2. The Morgan fingerprint density at radius 2 is 1.29 bits per heavy atom. The van der Waals surface area contributed by atoms with Gasteiger partial charge in [-0.25, -0.2) is 19.0 Å². The van der Waals surface area contributed by atoms with E-state index in [1.165, 1.54) is 0 Å². The van der Waals surface area contributed by atoms with Crippen LogP contribution in [0.4, 0.5) is 0 Å². The molecule has 0 radical (unpaired) electrons. The maximum absolute atomic E-state index is 11.9. The highest BCUT2D eigenvalue weighted by Crippen LogP contribution is 2.46. The number of ether oxygens (including phenoxy) is 3. The molecule has 3 atom stereocenters. The third-order valence-corrected chi connectivity index (χ3v) is 4.99. The third-order valence-electron chi connectivity index (χ3n) is 4.99. The summed E-state index contributed by atoms with van der Waals surface area (Å²) in [5.74, 6) is 0. The van der Waals surface area contributed by atoms with Gasteiger partial charge in [-0.15, -0.1) is 0 Å². The molecule has 2 N–H and O–H groups in total. The van der Waals surface area contributed by atoms with Gasteiger partial charge in [-0.2, -0.15) is 0 Å². The Kier molecular flexibility index (Phi) is 3.93. The average molecular weight is 339 g/mol. The quantitative estimate of drug-likeness (QED) is 0.554. The molecule has 0 spiro atoms. The minimum atomic E-state index is -0.781. The Morgan fingerprint density at radius 1 is 0.875 bits per heavy atom. The Balaban J connectivity index is 1.54. The van der Waals surface area contributed by atoms with Crippen molar-refractivity contribution in [1.82, 2.24) is 14.5 Å². The van der Waals surface area contributed by atoms with Gasteiger partial charge in [-0.05, 0) is 31.1 Å². The van der Waals surface area contributed by atoms with Crippen molar-refractivity contribution in [2.45, 2.75) is 50.5 Å². The van der Waals surface area contributed by atoms with Crippen LogP contribution in [-0.4, -0.2) is 52.7 Å². The molecule has 3 unspecified atom stereocenters. The standard InChI is InChI=1S/C15H21N3O6/c19-12-16-13(20)18(14(21)17-12)2-1-15(3-9-6-22-9,4-10-7-23-10)5-11-8-24-11/h9-11H,1-8H2,(H2,16,17,19,20,21). The van der Waals surface area contributed by atoms with Crippen molar-refractivity contribution < 1.29 is 14.2 Å². The van der Waals surface area contributed by atoms with E-state index in [4.69, 9.17) is 14.2 Å². The molecule has 0 saturated carbocycles. The van der Waals surface area contributed by atoms with E-state index < -0.39 is 17.1 Å². The molecule has 9 nitrogen and oxygen atoms in total. The first-order chi connectivity index (χ1) is 11.5. The van der Waals surface area contributed by atoms with E-state index in [2.05, 4.69) is 9.97 Å². The second kappa shape index (κ2) is 5.98. The highest BCUT2D eigenvalue weighted by atomic mass is 16.6. The van der Waals surface area contributed by atoms with Gasteiger partial charge in [0.15, 0.2) is 0 Å². The predicted molar refractivity (Wildman–Crippen MR) is 82.1 cm³/mol. The van der Waals surface area contributed by atoms with Crippen molar-refractivity contribution >= 4 is 0 Å². The fraction of sp³-hybridized carbons (Fsp3) is 0.800. The number of nitrogens with zero attached hydrogens (tertiary/aromatic N) is 1. The monoisotopic (exact) mass is 339 g/mol. The summed E-state index contributed by atoms with van der Waals surface area (Å²) in [6.07, 6.45) is 4.00. The van der Waals surface area contributed by atoms with Crippen molar-refractivity contribution in [2.75, 3.05) is 19.8 Å². The van der Waals surface area contributed by atoms with E-state index >= 15 is 0 Å². The fourth-order valence-electron chi connectivity index (χ4n) is 3.57. The van der Waals surface area contributed by atoms with Crippen molar-refractivity contribution in [3.05, 3.63) is 31.5 Å². The van der Waals surface area contributed by atoms with Gasteiger partial charge in [-0.3, -0.25) is 9.97 Å². The van der Waals surface area contributed by atoms with Crippen LogP contribution in [0.2, 0.25) is 0 Å². The number of nitrogens with one attached hydrogen (secondary N) is 2. The molecule has 0 amide bonds. The van der Waals surface area contributed by atoms with E-state index in [0.29, 0.717) is 6.42 Å². The van der Waals surface area contributed by atoms with Crippen LogP contribution in [0.1, 0.15) is 25.7 Å². The highest BCUT2D eigenvalue weighted by molar-refractivity contribution is 4.94. The molecular weight excluding hydrogens is 318 g/mol. The summed E-state index contributed by atoms with van der Waals surface area (Å²) >= 11 is 0. The first-order valence-electron chi connectivity index (χ1n) is 8.31. The molecule has 132 valence electrons. The third kappa shape index (κ3) is 3.85. The maximum atomic E-state index is 11.9. The summed E-state index contributed by atoms with van der Waals surface area (Å²) in [6, 6.07) is 0. The van der Waals surface area contributed by atoms with Gasteiger partial charge in [0, 0.05) is 6.54 Å². The lowest BCUT2D eigenvalue weighted by Gasteiger charge is -2.33. The number of hydrogen-bond donors (Lipinski definition) is 2. The van der Waals surface area contributed by atoms with Crippen molar-refractivity contribution in [2.24, 2.45) is 5.41 Å². The van der Waals surface area contributed by atoms with E-state index in [1.54, 1.807) is 0 Å². The highest BCUT2D eigenvalue weighted by Gasteiger charge is 2.45. The van der Waals surface area contributed by atoms with Gasteiger partial charge < -0.3 is 14.2 Å². The minimum Gasteiger partial charge on any atom is -0.373 e. The normalized spacial score (nSPS) is 29.9. The number of epoxide rings is 3. The summed E-state index contributed by atoms with van der Waals surface area (Å²) < 4.78 is 17.3. The topological polar surface area (TPSA) is 125 Å². The minimum absolute atomic E-state index is 0.0917. The second-order valence-corrected chi connectivity index (χ2v) is 7.07. The number of H-pyrrole nitrogens is 2. The summed E-state index contributed by atoms with van der Waals surface area (Å²) in [4.78, 5) is 39.1. The molecule has 4 rings (SSSR count). The first-order valence-corrected chi connectivity index (χ1v) is 8.31. The molecule has 1 aromatic rings. The fourth-order valence-corrected chi connectivity index (χ4v) is 3.57. The second-order valence-electron chi connectivity index (χ2n) is 7.07. The van der Waals surface area contributed by atoms with Gasteiger partial charge in [0.2, 0.25) is 0 Å². The Labute approximate surface area is 136 Å². The largest absolute Gasteiger partial charge is 0.373 e. The molecular formula is C15H21N3O6. The zero-order valence-corrected chi connectivity index (χ0v) is 13.3. The van der Waals surface area contributed by atoms with E-state index in [0.717, 1.165) is 43.7 Å². The van der Waals surface area contributed by atoms with Gasteiger partial charge in [-0.1, -0.05) is 0 Å². The van der Waals surface area contributed by atoms with Crippen LogP contribution in [0.15, 0.2) is 14.4 Å². The number of aromatic nitrogens is 3. The predicted octanol–water partition coefficient (Wildman–Crippen LogP) is -1.03. The molecule has 0 aromatic carbocycles. The lowest BCUT2D eigenvalue weighted by Crippen LogP contribution is -2.44. The Morgan fingerprint density at radius 3 is 1.67 bits per heavy atom. The van der Waals surface area contributed by atoms with E-state index in [-0.39, 0.29) is 30.3 Å². The van der Waals surface area contributed by atoms with Gasteiger partial charge >= 0.3 is 17.1 Å². The zero-order chi connectivity index (χ0) is 16.7. The molecule has 3 aliphatic heterocycles. The van der Waals surface area contributed by atoms with Gasteiger partial charge in [0.25, 0.3) is 0 Å². The SMILES string of the molecule is O=c1[nH]c(=O)n(CCC(CC2CO2)(CC2CO2)CC2CO2)c(=O)[nH]1. The maximum Gasteiger partial charge on any atom is 0.333 e. The van der Waals surface area contributed by atoms with Gasteiger partial charge in [0.1, 0.15) is 0 Å². The first kappa shape index (κ1) is 15.8.